The lowest BCUT2D eigenvalue weighted by Crippen LogP contribution is -2.13. The first-order chi connectivity index (χ1) is 8.58. The number of carbonyl (C=O) groups is 1. The molecule has 0 atom stereocenters. The van der Waals surface area contributed by atoms with Gasteiger partial charge >= 0.3 is 0 Å². The summed E-state index contributed by atoms with van der Waals surface area (Å²) in [6, 6.07) is 8.77. The van der Waals surface area contributed by atoms with Gasteiger partial charge < -0.3 is 5.32 Å². The van der Waals surface area contributed by atoms with Crippen molar-refractivity contribution in [2.45, 2.75) is 6.92 Å². The van der Waals surface area contributed by atoms with E-state index in [1.807, 2.05) is 19.1 Å². The number of pyridine rings is 1. The lowest BCUT2D eigenvalue weighted by Gasteiger charge is -2.07. The molecule has 92 valence electrons. The Hall–Kier alpha value is -1.39. The van der Waals surface area contributed by atoms with E-state index in [0.29, 0.717) is 16.4 Å². The molecule has 2 aromatic rings. The molecule has 3 nitrogen and oxygen atoms in total. The summed E-state index contributed by atoms with van der Waals surface area (Å²) in [7, 11) is 0. The molecule has 0 fully saturated rings. The summed E-state index contributed by atoms with van der Waals surface area (Å²) in [6.07, 6.45) is 1.61. The second kappa shape index (κ2) is 5.50. The van der Waals surface area contributed by atoms with Crippen molar-refractivity contribution in [3.05, 3.63) is 57.2 Å². The first kappa shape index (κ1) is 13.1. The predicted octanol–water partition coefficient (Wildman–Crippen LogP) is 4.06. The van der Waals surface area contributed by atoms with Crippen molar-refractivity contribution in [1.82, 2.24) is 4.98 Å². The summed E-state index contributed by atoms with van der Waals surface area (Å²) in [6.45, 7) is 1.89. The van der Waals surface area contributed by atoms with Crippen LogP contribution in [0, 0.1) is 6.92 Å². The maximum absolute atomic E-state index is 12.0. The highest BCUT2D eigenvalue weighted by atomic mass is 79.9. The Kier molecular flexibility index (Phi) is 3.99. The van der Waals surface area contributed by atoms with Crippen LogP contribution >= 0.6 is 27.5 Å². The number of rotatable bonds is 2. The van der Waals surface area contributed by atoms with E-state index in [9.17, 15) is 4.79 Å². The number of hydrogen-bond acceptors (Lipinski definition) is 2. The van der Waals surface area contributed by atoms with Crippen molar-refractivity contribution in [2.24, 2.45) is 0 Å². The fourth-order valence-corrected chi connectivity index (χ4v) is 1.93. The molecule has 0 aliphatic rings. The van der Waals surface area contributed by atoms with Crippen molar-refractivity contribution >= 4 is 39.3 Å². The smallest absolute Gasteiger partial charge is 0.256 e. The Bertz CT molecular complexity index is 601. The fourth-order valence-electron chi connectivity index (χ4n) is 1.39. The van der Waals surface area contributed by atoms with Gasteiger partial charge in [0.2, 0.25) is 0 Å². The topological polar surface area (TPSA) is 42.0 Å². The minimum absolute atomic E-state index is 0.240. The van der Waals surface area contributed by atoms with Crippen molar-refractivity contribution in [1.29, 1.82) is 0 Å². The van der Waals surface area contributed by atoms with Crippen LogP contribution < -0.4 is 5.32 Å². The zero-order valence-electron chi connectivity index (χ0n) is 9.58. The second-order valence-electron chi connectivity index (χ2n) is 3.75. The summed E-state index contributed by atoms with van der Waals surface area (Å²) in [5, 5.41) is 3.29. The zero-order chi connectivity index (χ0) is 13.1. The van der Waals surface area contributed by atoms with Gasteiger partial charge in [-0.25, -0.2) is 4.98 Å². The summed E-state index contributed by atoms with van der Waals surface area (Å²) >= 11 is 9.31. The standard InChI is InChI=1S/C13H10BrClN2O/c1-8-4-5-9(7-11(8)15)13(18)17-12-10(14)3-2-6-16-12/h2-7H,1H3,(H,16,17,18). The Balaban J connectivity index is 2.22. The van der Waals surface area contributed by atoms with Crippen LogP contribution in [-0.2, 0) is 0 Å². The molecule has 0 unspecified atom stereocenters. The van der Waals surface area contributed by atoms with Gasteiger partial charge in [-0.1, -0.05) is 17.7 Å². The van der Waals surface area contributed by atoms with Crippen molar-refractivity contribution in [3.63, 3.8) is 0 Å². The molecular weight excluding hydrogens is 316 g/mol. The summed E-state index contributed by atoms with van der Waals surface area (Å²) in [5.41, 5.74) is 1.44. The lowest BCUT2D eigenvalue weighted by atomic mass is 10.1. The maximum Gasteiger partial charge on any atom is 0.256 e. The van der Waals surface area contributed by atoms with E-state index < -0.39 is 0 Å². The number of carbonyl (C=O) groups excluding carboxylic acids is 1. The number of aryl methyl sites for hydroxylation is 1. The van der Waals surface area contributed by atoms with E-state index in [1.165, 1.54) is 0 Å². The number of benzene rings is 1. The third kappa shape index (κ3) is 2.89. The molecule has 0 saturated heterocycles. The van der Waals surface area contributed by atoms with Crippen molar-refractivity contribution < 1.29 is 4.79 Å². The molecule has 0 bridgehead atoms. The highest BCUT2D eigenvalue weighted by Gasteiger charge is 2.10. The summed E-state index contributed by atoms with van der Waals surface area (Å²) in [4.78, 5) is 16.1. The van der Waals surface area contributed by atoms with Crippen molar-refractivity contribution in [2.75, 3.05) is 5.32 Å². The van der Waals surface area contributed by atoms with Gasteiger partial charge in [0.05, 0.1) is 4.47 Å². The third-order valence-corrected chi connectivity index (χ3v) is 3.47. The minimum Gasteiger partial charge on any atom is -0.306 e. The predicted molar refractivity (Wildman–Crippen MR) is 76.1 cm³/mol. The van der Waals surface area contributed by atoms with Gasteiger partial charge in [-0.3, -0.25) is 4.79 Å². The second-order valence-corrected chi connectivity index (χ2v) is 5.01. The number of anilines is 1. The Morgan fingerprint density at radius 1 is 1.39 bits per heavy atom. The molecule has 1 N–H and O–H groups in total. The fraction of sp³-hybridized carbons (Fsp3) is 0.0769. The van der Waals surface area contributed by atoms with Crippen LogP contribution in [0.4, 0.5) is 5.82 Å². The van der Waals surface area contributed by atoms with E-state index in [0.717, 1.165) is 10.0 Å². The third-order valence-electron chi connectivity index (χ3n) is 2.42. The van der Waals surface area contributed by atoms with Crippen LogP contribution in [-0.4, -0.2) is 10.9 Å². The molecule has 2 rings (SSSR count). The SMILES string of the molecule is Cc1ccc(C(=O)Nc2ncccc2Br)cc1Cl. The molecule has 0 radical (unpaired) electrons. The Morgan fingerprint density at radius 2 is 2.17 bits per heavy atom. The number of halogens is 2. The molecule has 0 aliphatic carbocycles. The van der Waals surface area contributed by atoms with Gasteiger partial charge in [0.15, 0.2) is 0 Å². The lowest BCUT2D eigenvalue weighted by molar-refractivity contribution is 0.102. The number of amides is 1. The van der Waals surface area contributed by atoms with Gasteiger partial charge in [-0.15, -0.1) is 0 Å². The van der Waals surface area contributed by atoms with Crippen LogP contribution in [0.3, 0.4) is 0 Å². The molecule has 0 saturated carbocycles. The van der Waals surface area contributed by atoms with Gasteiger partial charge in [0.1, 0.15) is 5.82 Å². The minimum atomic E-state index is -0.240. The van der Waals surface area contributed by atoms with Crippen molar-refractivity contribution in [3.8, 4) is 0 Å². The molecular formula is C13H10BrClN2O. The zero-order valence-corrected chi connectivity index (χ0v) is 11.9. The number of nitrogens with one attached hydrogen (secondary N) is 1. The van der Waals surface area contributed by atoms with Gasteiger partial charge in [0.25, 0.3) is 5.91 Å². The highest BCUT2D eigenvalue weighted by Crippen LogP contribution is 2.21. The average molecular weight is 326 g/mol. The van der Waals surface area contributed by atoms with E-state index in [-0.39, 0.29) is 5.91 Å². The molecule has 18 heavy (non-hydrogen) atoms. The molecule has 1 amide bonds. The molecule has 5 heteroatoms. The molecule has 0 aliphatic heterocycles. The number of aromatic nitrogens is 1. The molecule has 1 aromatic heterocycles. The maximum atomic E-state index is 12.0. The first-order valence-corrected chi connectivity index (χ1v) is 6.43. The Morgan fingerprint density at radius 3 is 2.83 bits per heavy atom. The monoisotopic (exact) mass is 324 g/mol. The Labute approximate surface area is 118 Å². The summed E-state index contributed by atoms with van der Waals surface area (Å²) in [5.74, 6) is 0.246. The van der Waals surface area contributed by atoms with Gasteiger partial charge in [0, 0.05) is 16.8 Å². The van der Waals surface area contributed by atoms with E-state index in [1.54, 1.807) is 24.4 Å². The number of nitrogens with zero attached hydrogens (tertiary/aromatic N) is 1. The average Bonchev–Trinajstić information content (AvgIpc) is 2.35. The van der Waals surface area contributed by atoms with E-state index in [2.05, 4.69) is 26.2 Å². The molecule has 0 spiro atoms. The van der Waals surface area contributed by atoms with Crippen LogP contribution in [0.5, 0.6) is 0 Å². The van der Waals surface area contributed by atoms with Crippen LogP contribution in [0.15, 0.2) is 41.0 Å². The number of hydrogen-bond donors (Lipinski definition) is 1. The molecule has 1 aromatic carbocycles. The van der Waals surface area contributed by atoms with Crippen LogP contribution in [0.2, 0.25) is 5.02 Å². The van der Waals surface area contributed by atoms with Crippen LogP contribution in [0.25, 0.3) is 0 Å². The van der Waals surface area contributed by atoms with E-state index >= 15 is 0 Å². The quantitative estimate of drug-likeness (QED) is 0.905. The summed E-state index contributed by atoms with van der Waals surface area (Å²) < 4.78 is 0.733. The highest BCUT2D eigenvalue weighted by molar-refractivity contribution is 9.10. The first-order valence-electron chi connectivity index (χ1n) is 5.26. The van der Waals surface area contributed by atoms with Gasteiger partial charge in [-0.05, 0) is 52.7 Å². The van der Waals surface area contributed by atoms with Gasteiger partial charge in [-0.2, -0.15) is 0 Å². The normalized spacial score (nSPS) is 10.2. The largest absolute Gasteiger partial charge is 0.306 e. The van der Waals surface area contributed by atoms with Crippen LogP contribution in [0.1, 0.15) is 15.9 Å². The molecule has 1 heterocycles. The van der Waals surface area contributed by atoms with E-state index in [4.69, 9.17) is 11.6 Å².